The van der Waals surface area contributed by atoms with Crippen LogP contribution in [0.4, 0.5) is 11.4 Å². The van der Waals surface area contributed by atoms with Gasteiger partial charge in [-0.05, 0) is 61.5 Å². The molecule has 260 valence electrons. The Labute approximate surface area is 278 Å². The minimum Gasteiger partial charge on any atom is -0.370 e. The van der Waals surface area contributed by atoms with Crippen LogP contribution in [0.15, 0.2) is 39.0 Å². The van der Waals surface area contributed by atoms with Crippen molar-refractivity contribution in [3.8, 4) is 0 Å². The molecule has 4 N–H and O–H groups in total. The molecule has 0 atom stereocenters. The maximum atomic E-state index is 12.5. The second kappa shape index (κ2) is 18.4. The molecular weight excluding hydrogens is 678 g/mol. The number of aliphatic imine (C=N–C) groups is 1. The first-order valence-electron chi connectivity index (χ1n) is 14.7. The Hall–Kier alpha value is -3.96. The van der Waals surface area contributed by atoms with Crippen molar-refractivity contribution < 1.29 is 36.3 Å². The Morgan fingerprint density at radius 2 is 1.11 bits per heavy atom. The van der Waals surface area contributed by atoms with Gasteiger partial charge in [-0.15, -0.1) is 0 Å². The lowest BCUT2D eigenvalue weighted by Crippen LogP contribution is -2.24. The van der Waals surface area contributed by atoms with E-state index in [1.54, 1.807) is 0 Å². The lowest BCUT2D eigenvalue weighted by molar-refractivity contribution is -0.388. The van der Waals surface area contributed by atoms with E-state index in [1.165, 1.54) is 13.8 Å². The van der Waals surface area contributed by atoms with Gasteiger partial charge in [-0.3, -0.25) is 29.8 Å². The third-order valence-electron chi connectivity index (χ3n) is 6.88. The van der Waals surface area contributed by atoms with Gasteiger partial charge in [0.2, 0.25) is 0 Å². The Bertz CT molecular complexity index is 1740. The summed E-state index contributed by atoms with van der Waals surface area (Å²) in [5.74, 6) is -1.69. The number of nitrogens with zero attached hydrogens (tertiary/aromatic N) is 3. The number of carbonyl (C=O) groups excluding carboxylic acids is 2. The van der Waals surface area contributed by atoms with Crippen molar-refractivity contribution in [3.05, 3.63) is 66.7 Å². The average Bonchev–Trinajstić information content (AvgIpc) is 2.96. The van der Waals surface area contributed by atoms with Crippen molar-refractivity contribution in [1.29, 1.82) is 0 Å². The van der Waals surface area contributed by atoms with E-state index in [4.69, 9.17) is 23.1 Å². The number of halogens is 1. The van der Waals surface area contributed by atoms with Gasteiger partial charge in [-0.25, -0.2) is 16.8 Å². The highest BCUT2D eigenvalue weighted by Crippen LogP contribution is 2.31. The number of carbonyl (C=O) groups is 2. The normalized spacial score (nSPS) is 11.3. The zero-order chi connectivity index (χ0) is 36.1. The van der Waals surface area contributed by atoms with Crippen LogP contribution in [0.25, 0.3) is 0 Å². The number of nitro benzene ring substituents is 2. The topological polar surface area (TPSA) is 253 Å². The van der Waals surface area contributed by atoms with Crippen molar-refractivity contribution in [2.45, 2.75) is 88.9 Å². The maximum Gasteiger partial charge on any atom is 0.288 e. The smallest absolute Gasteiger partial charge is 0.288 e. The Morgan fingerprint density at radius 1 is 0.723 bits per heavy atom. The highest BCUT2D eigenvalue weighted by molar-refractivity contribution is 7.91. The van der Waals surface area contributed by atoms with E-state index in [0.29, 0.717) is 18.4 Å². The number of aryl methyl sites for hydroxylation is 2. The lowest BCUT2D eigenvalue weighted by atomic mass is 10.1. The molecule has 0 bridgehead atoms. The number of guanidine groups is 1. The van der Waals surface area contributed by atoms with Crippen molar-refractivity contribution >= 4 is 59.8 Å². The molecule has 0 aromatic heterocycles. The van der Waals surface area contributed by atoms with Gasteiger partial charge in [0.15, 0.2) is 25.6 Å². The molecule has 2 rings (SSSR count). The molecule has 1 amide bonds. The Balaban J connectivity index is 0.000000474. The van der Waals surface area contributed by atoms with Crippen molar-refractivity contribution in [2.75, 3.05) is 11.5 Å². The zero-order valence-electron chi connectivity index (χ0n) is 26.7. The number of rotatable bonds is 16. The van der Waals surface area contributed by atoms with E-state index in [1.807, 2.05) is 13.8 Å². The maximum absolute atomic E-state index is 12.5. The second-order valence-electron chi connectivity index (χ2n) is 10.7. The summed E-state index contributed by atoms with van der Waals surface area (Å²) in [6, 6.07) is 4.12. The SMILES string of the molecule is CCCCCCS(=O)(=O)c1cc(C)c(C(=O)Cl)cc1[N+](=O)[O-].CCCCCCS(=O)(=O)c1cc(C)c(C(=O)N=C(N)N)cc1[N+](=O)[O-]. The standard InChI is InChI=1S/C15H22N4O5S.C14H18ClNO5S/c1-3-4-5-6-7-25(23,24)13-8-10(2)11(9-12(13)19(21)22)14(20)18-15(16)17;1-3-4-5-6-7-22(20,21)13-8-10(2)11(14(15)17)9-12(13)16(18)19/h8-9H,3-7H2,1-2H3,(H4,16,17,18,20);8-9H,3-7H2,1-2H3. The highest BCUT2D eigenvalue weighted by atomic mass is 35.5. The van der Waals surface area contributed by atoms with E-state index in [-0.39, 0.29) is 33.1 Å². The monoisotopic (exact) mass is 717 g/mol. The van der Waals surface area contributed by atoms with Crippen LogP contribution in [0, 0.1) is 34.1 Å². The second-order valence-corrected chi connectivity index (χ2v) is 15.2. The molecule has 18 heteroatoms. The number of sulfone groups is 2. The fourth-order valence-electron chi connectivity index (χ4n) is 4.40. The number of amides is 1. The van der Waals surface area contributed by atoms with Gasteiger partial charge in [0.05, 0.1) is 26.9 Å². The first kappa shape index (κ1) is 41.1. The summed E-state index contributed by atoms with van der Waals surface area (Å²) in [6.45, 7) is 6.96. The van der Waals surface area contributed by atoms with Crippen LogP contribution in [0.3, 0.4) is 0 Å². The summed E-state index contributed by atoms with van der Waals surface area (Å²) in [5, 5.41) is 21.6. The van der Waals surface area contributed by atoms with E-state index in [9.17, 15) is 46.7 Å². The van der Waals surface area contributed by atoms with Gasteiger partial charge in [-0.2, -0.15) is 4.99 Å². The van der Waals surface area contributed by atoms with E-state index in [2.05, 4.69) is 4.99 Å². The molecule has 0 aliphatic carbocycles. The lowest BCUT2D eigenvalue weighted by Gasteiger charge is -2.09. The van der Waals surface area contributed by atoms with Gasteiger partial charge in [0, 0.05) is 17.7 Å². The largest absolute Gasteiger partial charge is 0.370 e. The van der Waals surface area contributed by atoms with Crippen LogP contribution in [0.5, 0.6) is 0 Å². The molecule has 0 saturated heterocycles. The molecule has 2 aromatic carbocycles. The molecule has 0 saturated carbocycles. The van der Waals surface area contributed by atoms with E-state index < -0.39 is 62.9 Å². The van der Waals surface area contributed by atoms with E-state index >= 15 is 0 Å². The van der Waals surface area contributed by atoms with Gasteiger partial charge < -0.3 is 11.5 Å². The molecular formula is C29H40ClN5O10S2. The number of benzene rings is 2. The summed E-state index contributed by atoms with van der Waals surface area (Å²) in [7, 11) is -7.62. The fraction of sp³-hybridized carbons (Fsp3) is 0.483. The molecule has 0 aliphatic rings. The molecule has 0 heterocycles. The minimum atomic E-state index is -3.84. The molecule has 15 nitrogen and oxygen atoms in total. The predicted molar refractivity (Wildman–Crippen MR) is 178 cm³/mol. The molecule has 47 heavy (non-hydrogen) atoms. The number of unbranched alkanes of at least 4 members (excludes halogenated alkanes) is 6. The number of hydrogen-bond donors (Lipinski definition) is 2. The molecule has 0 radical (unpaired) electrons. The number of hydrogen-bond acceptors (Lipinski definition) is 10. The van der Waals surface area contributed by atoms with Crippen molar-refractivity contribution in [1.82, 2.24) is 0 Å². The van der Waals surface area contributed by atoms with Gasteiger partial charge >= 0.3 is 0 Å². The quantitative estimate of drug-likeness (QED) is 0.0559. The Kier molecular flexibility index (Phi) is 16.1. The molecule has 2 aromatic rings. The molecule has 0 spiro atoms. The Morgan fingerprint density at radius 3 is 1.45 bits per heavy atom. The first-order valence-corrected chi connectivity index (χ1v) is 18.4. The van der Waals surface area contributed by atoms with E-state index in [0.717, 1.165) is 62.8 Å². The zero-order valence-corrected chi connectivity index (χ0v) is 29.0. The summed E-state index contributed by atoms with van der Waals surface area (Å²) < 4.78 is 49.6. The van der Waals surface area contributed by atoms with Crippen LogP contribution in [0.1, 0.15) is 97.1 Å². The van der Waals surface area contributed by atoms with Crippen LogP contribution in [0.2, 0.25) is 0 Å². The third kappa shape index (κ3) is 12.3. The third-order valence-corrected chi connectivity index (χ3v) is 10.7. The molecule has 0 fully saturated rings. The number of nitrogens with two attached hydrogens (primary N) is 2. The molecule has 0 aliphatic heterocycles. The van der Waals surface area contributed by atoms with Crippen molar-refractivity contribution in [3.63, 3.8) is 0 Å². The van der Waals surface area contributed by atoms with Crippen LogP contribution in [-0.2, 0) is 19.7 Å². The average molecular weight is 718 g/mol. The fourth-order valence-corrected chi connectivity index (χ4v) is 7.83. The summed E-state index contributed by atoms with van der Waals surface area (Å²) >= 11 is 5.36. The first-order chi connectivity index (χ1) is 21.8. The van der Waals surface area contributed by atoms with Gasteiger partial charge in [-0.1, -0.05) is 52.4 Å². The van der Waals surface area contributed by atoms with Crippen LogP contribution in [-0.4, -0.2) is 55.3 Å². The van der Waals surface area contributed by atoms with Crippen LogP contribution >= 0.6 is 11.6 Å². The summed E-state index contributed by atoms with van der Waals surface area (Å²) in [6.07, 6.45) is 6.06. The summed E-state index contributed by atoms with van der Waals surface area (Å²) in [4.78, 5) is 46.5. The minimum absolute atomic E-state index is 0.0571. The van der Waals surface area contributed by atoms with Gasteiger partial charge in [0.1, 0.15) is 9.79 Å². The van der Waals surface area contributed by atoms with Gasteiger partial charge in [0.25, 0.3) is 22.5 Å². The number of nitro groups is 2. The molecule has 0 unspecified atom stereocenters. The summed E-state index contributed by atoms with van der Waals surface area (Å²) in [5.41, 5.74) is 9.37. The highest BCUT2D eigenvalue weighted by Gasteiger charge is 2.29. The van der Waals surface area contributed by atoms with Crippen molar-refractivity contribution in [2.24, 2.45) is 16.5 Å². The van der Waals surface area contributed by atoms with Crippen LogP contribution < -0.4 is 11.5 Å². The predicted octanol–water partition coefficient (Wildman–Crippen LogP) is 5.31.